The van der Waals surface area contributed by atoms with Crippen LogP contribution in [0.1, 0.15) is 58.2 Å². The van der Waals surface area contributed by atoms with E-state index in [4.69, 9.17) is 4.74 Å². The van der Waals surface area contributed by atoms with Gasteiger partial charge in [0.15, 0.2) is 0 Å². The average molecular weight is 421 g/mol. The Balaban J connectivity index is 1.50. The zero-order valence-electron chi connectivity index (χ0n) is 19.1. The number of rotatable bonds is 9. The van der Waals surface area contributed by atoms with E-state index in [1.54, 1.807) is 0 Å². The van der Waals surface area contributed by atoms with Crippen LogP contribution in [0, 0.1) is 13.8 Å². The normalized spacial score (nSPS) is 12.9. The third-order valence-electron chi connectivity index (χ3n) is 6.26. The first-order valence-electron chi connectivity index (χ1n) is 11.6. The lowest BCUT2D eigenvalue weighted by Gasteiger charge is -2.23. The molecule has 0 aliphatic heterocycles. The van der Waals surface area contributed by atoms with Crippen molar-refractivity contribution in [3.63, 3.8) is 0 Å². The highest BCUT2D eigenvalue weighted by Gasteiger charge is 2.19. The molecule has 0 amide bonds. The van der Waals surface area contributed by atoms with Gasteiger partial charge in [-0.3, -0.25) is 0 Å². The van der Waals surface area contributed by atoms with Gasteiger partial charge in [0.1, 0.15) is 6.10 Å². The third-order valence-corrected chi connectivity index (χ3v) is 6.26. The minimum atomic E-state index is -0.0361. The van der Waals surface area contributed by atoms with Crippen molar-refractivity contribution >= 4 is 0 Å². The Labute approximate surface area is 192 Å². The van der Waals surface area contributed by atoms with E-state index in [0.717, 1.165) is 19.4 Å². The van der Waals surface area contributed by atoms with Gasteiger partial charge in [0.2, 0.25) is 0 Å². The third kappa shape index (κ3) is 5.36. The van der Waals surface area contributed by atoms with Crippen molar-refractivity contribution in [3.05, 3.63) is 143 Å². The molecule has 0 aliphatic carbocycles. The van der Waals surface area contributed by atoms with Gasteiger partial charge in [0.05, 0.1) is 0 Å². The first kappa shape index (κ1) is 22.0. The lowest BCUT2D eigenvalue weighted by molar-refractivity contribution is 0.0762. The number of hydrogen-bond donors (Lipinski definition) is 0. The summed E-state index contributed by atoms with van der Waals surface area (Å²) in [4.78, 5) is 0. The molecule has 1 nitrogen and oxygen atoms in total. The number of ether oxygens (including phenoxy) is 1. The van der Waals surface area contributed by atoms with Crippen LogP contribution < -0.4 is 0 Å². The minimum Gasteiger partial charge on any atom is -0.369 e. The SMILES string of the molecule is Cc1ccccc1C(CCCOC(c1ccccc1)c1ccccc1C)c1ccccc1. The minimum absolute atomic E-state index is 0.0361. The molecule has 0 spiro atoms. The van der Waals surface area contributed by atoms with Crippen LogP contribution >= 0.6 is 0 Å². The molecule has 0 heterocycles. The fourth-order valence-corrected chi connectivity index (χ4v) is 4.53. The van der Waals surface area contributed by atoms with Crippen molar-refractivity contribution in [1.82, 2.24) is 0 Å². The fourth-order valence-electron chi connectivity index (χ4n) is 4.53. The maximum atomic E-state index is 6.55. The van der Waals surface area contributed by atoms with Gasteiger partial charge in [0, 0.05) is 12.5 Å². The monoisotopic (exact) mass is 420 g/mol. The lowest BCUT2D eigenvalue weighted by Crippen LogP contribution is -2.10. The number of aryl methyl sites for hydroxylation is 2. The van der Waals surface area contributed by atoms with Gasteiger partial charge in [-0.05, 0) is 60.1 Å². The first-order chi connectivity index (χ1) is 15.7. The summed E-state index contributed by atoms with van der Waals surface area (Å²) in [5.41, 5.74) is 7.86. The summed E-state index contributed by atoms with van der Waals surface area (Å²) >= 11 is 0. The molecular formula is C31H32O. The van der Waals surface area contributed by atoms with E-state index in [9.17, 15) is 0 Å². The van der Waals surface area contributed by atoms with Gasteiger partial charge in [0.25, 0.3) is 0 Å². The van der Waals surface area contributed by atoms with Crippen LogP contribution in [0.4, 0.5) is 0 Å². The molecule has 2 atom stereocenters. The van der Waals surface area contributed by atoms with Crippen molar-refractivity contribution in [2.75, 3.05) is 6.61 Å². The van der Waals surface area contributed by atoms with Gasteiger partial charge in [-0.25, -0.2) is 0 Å². The van der Waals surface area contributed by atoms with Gasteiger partial charge < -0.3 is 4.74 Å². The van der Waals surface area contributed by atoms with Crippen LogP contribution in [0.3, 0.4) is 0 Å². The summed E-state index contributed by atoms with van der Waals surface area (Å²) in [5, 5.41) is 0. The molecular weight excluding hydrogens is 388 g/mol. The Bertz CT molecular complexity index is 1010. The molecule has 0 bridgehead atoms. The highest BCUT2D eigenvalue weighted by atomic mass is 16.5. The second kappa shape index (κ2) is 10.9. The zero-order chi connectivity index (χ0) is 22.2. The van der Waals surface area contributed by atoms with Crippen LogP contribution in [0.25, 0.3) is 0 Å². The summed E-state index contributed by atoms with van der Waals surface area (Å²) < 4.78 is 6.55. The number of hydrogen-bond acceptors (Lipinski definition) is 1. The predicted molar refractivity (Wildman–Crippen MR) is 134 cm³/mol. The molecule has 162 valence electrons. The van der Waals surface area contributed by atoms with Gasteiger partial charge >= 0.3 is 0 Å². The summed E-state index contributed by atoms with van der Waals surface area (Å²) in [6, 6.07) is 38.7. The van der Waals surface area contributed by atoms with Crippen molar-refractivity contribution < 1.29 is 4.74 Å². The van der Waals surface area contributed by atoms with Gasteiger partial charge in [-0.15, -0.1) is 0 Å². The summed E-state index contributed by atoms with van der Waals surface area (Å²) in [6.07, 6.45) is 2.03. The molecule has 32 heavy (non-hydrogen) atoms. The molecule has 4 aromatic carbocycles. The van der Waals surface area contributed by atoms with E-state index in [0.29, 0.717) is 5.92 Å². The average Bonchev–Trinajstić information content (AvgIpc) is 2.84. The quantitative estimate of drug-likeness (QED) is 0.249. The summed E-state index contributed by atoms with van der Waals surface area (Å²) in [5.74, 6) is 0.384. The standard InChI is InChI=1S/C31H32O/c1-24-14-9-11-20-28(24)30(26-16-5-3-6-17-26)22-13-23-32-31(27-18-7-4-8-19-27)29-21-12-10-15-25(29)2/h3-12,14-21,30-31H,13,22-23H2,1-2H3. The van der Waals surface area contributed by atoms with Gasteiger partial charge in [-0.1, -0.05) is 109 Å². The molecule has 4 rings (SSSR count). The Morgan fingerprint density at radius 1 is 0.562 bits per heavy atom. The molecule has 0 radical (unpaired) electrons. The van der Waals surface area contributed by atoms with E-state index < -0.39 is 0 Å². The summed E-state index contributed by atoms with van der Waals surface area (Å²) in [7, 11) is 0. The van der Waals surface area contributed by atoms with Gasteiger partial charge in [-0.2, -0.15) is 0 Å². The highest BCUT2D eigenvalue weighted by molar-refractivity contribution is 5.38. The molecule has 0 N–H and O–H groups in total. The predicted octanol–water partition coefficient (Wildman–Crippen LogP) is 8.02. The number of benzene rings is 4. The lowest BCUT2D eigenvalue weighted by atomic mass is 9.85. The second-order valence-electron chi connectivity index (χ2n) is 8.48. The van der Waals surface area contributed by atoms with Crippen molar-refractivity contribution in [3.8, 4) is 0 Å². The van der Waals surface area contributed by atoms with E-state index in [-0.39, 0.29) is 6.10 Å². The van der Waals surface area contributed by atoms with Crippen LogP contribution in [0.2, 0.25) is 0 Å². The summed E-state index contributed by atoms with van der Waals surface area (Å²) in [6.45, 7) is 5.10. The fraction of sp³-hybridized carbons (Fsp3) is 0.226. The molecule has 0 fully saturated rings. The van der Waals surface area contributed by atoms with E-state index in [1.807, 2.05) is 0 Å². The Morgan fingerprint density at radius 3 is 1.66 bits per heavy atom. The maximum Gasteiger partial charge on any atom is 0.108 e. The van der Waals surface area contributed by atoms with E-state index in [2.05, 4.69) is 123 Å². The van der Waals surface area contributed by atoms with Crippen LogP contribution in [-0.2, 0) is 4.74 Å². The van der Waals surface area contributed by atoms with E-state index in [1.165, 1.54) is 33.4 Å². The molecule has 0 aromatic heterocycles. The molecule has 0 saturated heterocycles. The van der Waals surface area contributed by atoms with Crippen LogP contribution in [0.5, 0.6) is 0 Å². The molecule has 2 unspecified atom stereocenters. The van der Waals surface area contributed by atoms with E-state index >= 15 is 0 Å². The topological polar surface area (TPSA) is 9.23 Å². The Kier molecular flexibility index (Phi) is 7.53. The first-order valence-corrected chi connectivity index (χ1v) is 11.6. The van der Waals surface area contributed by atoms with Crippen LogP contribution in [-0.4, -0.2) is 6.61 Å². The van der Waals surface area contributed by atoms with Crippen LogP contribution in [0.15, 0.2) is 109 Å². The van der Waals surface area contributed by atoms with Crippen molar-refractivity contribution in [2.45, 2.75) is 38.7 Å². The van der Waals surface area contributed by atoms with Crippen molar-refractivity contribution in [1.29, 1.82) is 0 Å². The smallest absolute Gasteiger partial charge is 0.108 e. The molecule has 4 aromatic rings. The highest BCUT2D eigenvalue weighted by Crippen LogP contribution is 2.33. The molecule has 0 saturated carbocycles. The molecule has 0 aliphatic rings. The second-order valence-corrected chi connectivity index (χ2v) is 8.48. The zero-order valence-corrected chi connectivity index (χ0v) is 19.1. The maximum absolute atomic E-state index is 6.55. The Morgan fingerprint density at radius 2 is 1.06 bits per heavy atom. The van der Waals surface area contributed by atoms with Crippen molar-refractivity contribution in [2.24, 2.45) is 0 Å². The molecule has 1 heteroatoms. The largest absolute Gasteiger partial charge is 0.369 e. The Hall–Kier alpha value is -3.16.